The van der Waals surface area contributed by atoms with Crippen LogP contribution >= 0.6 is 11.8 Å². The Hall–Kier alpha value is -3.26. The number of hydrogen-bond acceptors (Lipinski definition) is 6. The number of aromatic carboxylic acids is 1. The maximum absolute atomic E-state index is 12.4. The van der Waals surface area contributed by atoms with Crippen LogP contribution in [0.5, 0.6) is 11.5 Å². The monoisotopic (exact) mass is 427 g/mol. The Bertz CT molecular complexity index is 999. The molecule has 0 bridgehead atoms. The highest BCUT2D eigenvalue weighted by molar-refractivity contribution is 8.18. The molecule has 8 heteroatoms. The third kappa shape index (κ3) is 4.83. The predicted octanol–water partition coefficient (Wildman–Crippen LogP) is 4.42. The zero-order valence-electron chi connectivity index (χ0n) is 16.6. The number of benzene rings is 2. The number of nitrogens with zero attached hydrogens (tertiary/aromatic N) is 1. The van der Waals surface area contributed by atoms with Gasteiger partial charge in [-0.05, 0) is 59.7 Å². The Kier molecular flexibility index (Phi) is 6.79. The van der Waals surface area contributed by atoms with Crippen molar-refractivity contribution in [3.8, 4) is 11.5 Å². The Morgan fingerprint density at radius 3 is 2.50 bits per heavy atom. The molecule has 0 unspecified atom stereocenters. The molecule has 3 rings (SSSR count). The SMILES string of the molecule is CCCN1C(=O)S/C(=C\c2ccc(OCc3ccc(C(=O)O)cc3)c(OC)c2)C1=O. The van der Waals surface area contributed by atoms with E-state index in [1.54, 1.807) is 36.4 Å². The number of amides is 2. The van der Waals surface area contributed by atoms with Crippen molar-refractivity contribution in [2.24, 2.45) is 0 Å². The minimum Gasteiger partial charge on any atom is -0.493 e. The maximum Gasteiger partial charge on any atom is 0.335 e. The molecule has 7 nitrogen and oxygen atoms in total. The number of ether oxygens (including phenoxy) is 2. The summed E-state index contributed by atoms with van der Waals surface area (Å²) in [4.78, 5) is 36.9. The van der Waals surface area contributed by atoms with Crippen molar-refractivity contribution in [1.82, 2.24) is 4.90 Å². The number of carbonyl (C=O) groups excluding carboxylic acids is 2. The molecule has 0 spiro atoms. The molecule has 1 fully saturated rings. The molecule has 1 aliphatic rings. The number of carboxylic acid groups (broad SMARTS) is 1. The van der Waals surface area contributed by atoms with E-state index in [1.807, 2.05) is 6.92 Å². The van der Waals surface area contributed by atoms with E-state index >= 15 is 0 Å². The van der Waals surface area contributed by atoms with Crippen molar-refractivity contribution in [3.05, 3.63) is 64.1 Å². The molecule has 0 saturated carbocycles. The van der Waals surface area contributed by atoms with Crippen LogP contribution in [-0.4, -0.2) is 40.8 Å². The van der Waals surface area contributed by atoms with Crippen molar-refractivity contribution in [2.45, 2.75) is 20.0 Å². The van der Waals surface area contributed by atoms with Crippen molar-refractivity contribution < 1.29 is 29.0 Å². The summed E-state index contributed by atoms with van der Waals surface area (Å²) in [5.74, 6) is -0.266. The van der Waals surface area contributed by atoms with E-state index in [4.69, 9.17) is 14.6 Å². The second kappa shape index (κ2) is 9.49. The summed E-state index contributed by atoms with van der Waals surface area (Å²) in [6.45, 7) is 2.56. The van der Waals surface area contributed by atoms with Crippen LogP contribution in [0.25, 0.3) is 6.08 Å². The first-order valence-electron chi connectivity index (χ1n) is 9.31. The van der Waals surface area contributed by atoms with E-state index < -0.39 is 5.97 Å². The largest absolute Gasteiger partial charge is 0.493 e. The zero-order valence-corrected chi connectivity index (χ0v) is 17.4. The molecule has 0 radical (unpaired) electrons. The maximum atomic E-state index is 12.4. The van der Waals surface area contributed by atoms with Crippen LogP contribution in [0.1, 0.15) is 34.8 Å². The van der Waals surface area contributed by atoms with Crippen LogP contribution in [0.15, 0.2) is 47.4 Å². The third-order valence-corrected chi connectivity index (χ3v) is 5.31. The summed E-state index contributed by atoms with van der Waals surface area (Å²) in [6.07, 6.45) is 2.38. The van der Waals surface area contributed by atoms with Gasteiger partial charge in [0.2, 0.25) is 0 Å². The van der Waals surface area contributed by atoms with Gasteiger partial charge in [0.15, 0.2) is 11.5 Å². The van der Waals surface area contributed by atoms with Crippen LogP contribution in [0.3, 0.4) is 0 Å². The molecule has 156 valence electrons. The fraction of sp³-hybridized carbons (Fsp3) is 0.227. The lowest BCUT2D eigenvalue weighted by Gasteiger charge is -2.12. The van der Waals surface area contributed by atoms with Crippen molar-refractivity contribution >= 4 is 35.0 Å². The molecular formula is C22H21NO6S. The molecule has 0 atom stereocenters. The molecule has 30 heavy (non-hydrogen) atoms. The molecule has 1 aliphatic heterocycles. The van der Waals surface area contributed by atoms with Gasteiger partial charge in [0.1, 0.15) is 6.61 Å². The smallest absolute Gasteiger partial charge is 0.335 e. The van der Waals surface area contributed by atoms with Gasteiger partial charge in [-0.1, -0.05) is 25.1 Å². The molecule has 1 saturated heterocycles. The summed E-state index contributed by atoms with van der Waals surface area (Å²) in [5.41, 5.74) is 1.74. The van der Waals surface area contributed by atoms with Gasteiger partial charge in [-0.25, -0.2) is 4.79 Å². The van der Waals surface area contributed by atoms with E-state index in [0.717, 1.165) is 17.3 Å². The Labute approximate surface area is 178 Å². The first-order chi connectivity index (χ1) is 14.4. The van der Waals surface area contributed by atoms with Crippen LogP contribution < -0.4 is 9.47 Å². The van der Waals surface area contributed by atoms with E-state index in [1.165, 1.54) is 24.1 Å². The van der Waals surface area contributed by atoms with Crippen LogP contribution in [0.2, 0.25) is 0 Å². The number of methoxy groups -OCH3 is 1. The van der Waals surface area contributed by atoms with E-state index in [2.05, 4.69) is 0 Å². The standard InChI is InChI=1S/C22H21NO6S/c1-3-10-23-20(24)19(30-22(23)27)12-15-6-9-17(18(11-15)28-2)29-13-14-4-7-16(8-5-14)21(25)26/h4-9,11-12H,3,10,13H2,1-2H3,(H,25,26)/b19-12-. The van der Waals surface area contributed by atoms with E-state index in [9.17, 15) is 14.4 Å². The fourth-order valence-corrected chi connectivity index (χ4v) is 3.73. The lowest BCUT2D eigenvalue weighted by molar-refractivity contribution is -0.122. The number of imide groups is 1. The van der Waals surface area contributed by atoms with Gasteiger partial charge in [0.25, 0.3) is 11.1 Å². The van der Waals surface area contributed by atoms with Crippen LogP contribution in [0, 0.1) is 0 Å². The normalized spacial score (nSPS) is 15.0. The van der Waals surface area contributed by atoms with E-state index in [-0.39, 0.29) is 23.3 Å². The number of carboxylic acids is 1. The van der Waals surface area contributed by atoms with Gasteiger partial charge < -0.3 is 14.6 Å². The van der Waals surface area contributed by atoms with Gasteiger partial charge >= 0.3 is 5.97 Å². The summed E-state index contributed by atoms with van der Waals surface area (Å²) < 4.78 is 11.2. The summed E-state index contributed by atoms with van der Waals surface area (Å²) >= 11 is 0.930. The minimum absolute atomic E-state index is 0.212. The summed E-state index contributed by atoms with van der Waals surface area (Å²) in [5, 5.41) is 8.70. The minimum atomic E-state index is -0.979. The van der Waals surface area contributed by atoms with Gasteiger partial charge in [-0.2, -0.15) is 0 Å². The van der Waals surface area contributed by atoms with Gasteiger partial charge in [0, 0.05) is 6.54 Å². The number of hydrogen-bond donors (Lipinski definition) is 1. The molecule has 2 aromatic rings. The van der Waals surface area contributed by atoms with Gasteiger partial charge in [0.05, 0.1) is 17.6 Å². The second-order valence-corrected chi connectivity index (χ2v) is 7.53. The van der Waals surface area contributed by atoms with E-state index in [0.29, 0.717) is 34.9 Å². The molecule has 1 heterocycles. The van der Waals surface area contributed by atoms with Crippen molar-refractivity contribution in [2.75, 3.05) is 13.7 Å². The molecular weight excluding hydrogens is 406 g/mol. The fourth-order valence-electron chi connectivity index (χ4n) is 2.87. The van der Waals surface area contributed by atoms with Gasteiger partial charge in [-0.3, -0.25) is 14.5 Å². The third-order valence-electron chi connectivity index (χ3n) is 4.40. The Balaban J connectivity index is 1.73. The highest BCUT2D eigenvalue weighted by Gasteiger charge is 2.34. The average Bonchev–Trinajstić information content (AvgIpc) is 3.00. The number of rotatable bonds is 8. The van der Waals surface area contributed by atoms with Crippen LogP contribution in [-0.2, 0) is 11.4 Å². The van der Waals surface area contributed by atoms with Gasteiger partial charge in [-0.15, -0.1) is 0 Å². The molecule has 0 aliphatic carbocycles. The highest BCUT2D eigenvalue weighted by atomic mass is 32.2. The van der Waals surface area contributed by atoms with Crippen LogP contribution in [0.4, 0.5) is 4.79 Å². The number of carbonyl (C=O) groups is 3. The lowest BCUT2D eigenvalue weighted by Crippen LogP contribution is -2.28. The van der Waals surface area contributed by atoms with Crippen molar-refractivity contribution in [3.63, 3.8) is 0 Å². The summed E-state index contributed by atoms with van der Waals surface area (Å²) in [7, 11) is 1.52. The first kappa shape index (κ1) is 21.4. The first-order valence-corrected chi connectivity index (χ1v) is 10.1. The predicted molar refractivity (Wildman–Crippen MR) is 114 cm³/mol. The zero-order chi connectivity index (χ0) is 21.7. The summed E-state index contributed by atoms with van der Waals surface area (Å²) in [6, 6.07) is 11.7. The quantitative estimate of drug-likeness (QED) is 0.623. The second-order valence-electron chi connectivity index (χ2n) is 6.53. The Morgan fingerprint density at radius 1 is 1.13 bits per heavy atom. The average molecular weight is 427 g/mol. The number of thioether (sulfide) groups is 1. The molecule has 1 N–H and O–H groups in total. The van der Waals surface area contributed by atoms with Crippen molar-refractivity contribution in [1.29, 1.82) is 0 Å². The molecule has 0 aromatic heterocycles. The topological polar surface area (TPSA) is 93.1 Å². The molecule has 2 aromatic carbocycles. The highest BCUT2D eigenvalue weighted by Crippen LogP contribution is 2.34. The Morgan fingerprint density at radius 2 is 1.87 bits per heavy atom. The molecule has 2 amide bonds. The lowest BCUT2D eigenvalue weighted by atomic mass is 10.1.